The Morgan fingerprint density at radius 2 is 2.29 bits per heavy atom. The molecule has 0 unspecified atom stereocenters. The predicted molar refractivity (Wildman–Crippen MR) is 59.3 cm³/mol. The summed E-state index contributed by atoms with van der Waals surface area (Å²) >= 11 is 3.45. The lowest BCUT2D eigenvalue weighted by Crippen LogP contribution is -2.26. The quantitative estimate of drug-likeness (QED) is 0.755. The Morgan fingerprint density at radius 1 is 1.50 bits per heavy atom. The third kappa shape index (κ3) is 1.69. The van der Waals surface area contributed by atoms with Crippen molar-refractivity contribution in [3.63, 3.8) is 0 Å². The molecule has 2 nitrogen and oxygen atoms in total. The summed E-state index contributed by atoms with van der Waals surface area (Å²) in [6, 6.07) is 6.13. The summed E-state index contributed by atoms with van der Waals surface area (Å²) < 4.78 is 1.08. The third-order valence-electron chi connectivity index (χ3n) is 2.66. The minimum Gasteiger partial charge on any atom is -0.355 e. The molecule has 0 fully saturated rings. The summed E-state index contributed by atoms with van der Waals surface area (Å²) in [6.45, 7) is 2.69. The van der Waals surface area contributed by atoms with Crippen molar-refractivity contribution in [1.82, 2.24) is 5.32 Å². The molecule has 0 spiro atoms. The van der Waals surface area contributed by atoms with E-state index >= 15 is 0 Å². The van der Waals surface area contributed by atoms with Gasteiger partial charge >= 0.3 is 0 Å². The van der Waals surface area contributed by atoms with Crippen LogP contribution in [0.1, 0.15) is 24.0 Å². The van der Waals surface area contributed by atoms with E-state index in [4.69, 9.17) is 0 Å². The maximum atomic E-state index is 11.5. The van der Waals surface area contributed by atoms with Gasteiger partial charge in [0.15, 0.2) is 0 Å². The molecule has 0 aliphatic carbocycles. The summed E-state index contributed by atoms with van der Waals surface area (Å²) in [5.41, 5.74) is 2.42. The average Bonchev–Trinajstić information content (AvgIpc) is 2.28. The standard InChI is InChI=1S/C11H12BrNO/c1-7-10-3-2-9(12)6-8(10)4-5-13-11(7)14/h2-3,6-7H,4-5H2,1H3,(H,13,14)/t7-/m1/s1. The fourth-order valence-electron chi connectivity index (χ4n) is 1.83. The lowest BCUT2D eigenvalue weighted by Gasteiger charge is -2.10. The zero-order chi connectivity index (χ0) is 10.1. The van der Waals surface area contributed by atoms with E-state index in [1.54, 1.807) is 0 Å². The van der Waals surface area contributed by atoms with Crippen LogP contribution in [0.25, 0.3) is 0 Å². The number of benzene rings is 1. The van der Waals surface area contributed by atoms with Crippen molar-refractivity contribution in [1.29, 1.82) is 0 Å². The maximum absolute atomic E-state index is 11.5. The minimum absolute atomic E-state index is 0.0272. The highest BCUT2D eigenvalue weighted by Gasteiger charge is 2.21. The van der Waals surface area contributed by atoms with Crippen molar-refractivity contribution in [3.8, 4) is 0 Å². The molecule has 0 bridgehead atoms. The molecule has 3 heteroatoms. The summed E-state index contributed by atoms with van der Waals surface area (Å²) in [4.78, 5) is 11.5. The van der Waals surface area contributed by atoms with E-state index in [1.807, 2.05) is 19.1 Å². The molecular formula is C11H12BrNO. The summed E-state index contributed by atoms with van der Waals surface area (Å²) in [5.74, 6) is 0.103. The van der Waals surface area contributed by atoms with Crippen molar-refractivity contribution in [2.24, 2.45) is 0 Å². The van der Waals surface area contributed by atoms with Gasteiger partial charge in [-0.15, -0.1) is 0 Å². The molecule has 0 aromatic heterocycles. The lowest BCUT2D eigenvalue weighted by molar-refractivity contribution is -0.121. The van der Waals surface area contributed by atoms with Crippen LogP contribution < -0.4 is 5.32 Å². The van der Waals surface area contributed by atoms with Gasteiger partial charge in [-0.05, 0) is 36.6 Å². The molecule has 1 heterocycles. The number of amides is 1. The molecule has 1 aromatic rings. The number of fused-ring (bicyclic) bond motifs is 1. The average molecular weight is 254 g/mol. The molecular weight excluding hydrogens is 242 g/mol. The topological polar surface area (TPSA) is 29.1 Å². The molecule has 2 rings (SSSR count). The first-order chi connectivity index (χ1) is 6.68. The molecule has 1 aliphatic rings. The highest BCUT2D eigenvalue weighted by molar-refractivity contribution is 9.10. The van der Waals surface area contributed by atoms with Gasteiger partial charge in [-0.3, -0.25) is 4.79 Å². The van der Waals surface area contributed by atoms with E-state index < -0.39 is 0 Å². The van der Waals surface area contributed by atoms with Crippen LogP contribution in [0.5, 0.6) is 0 Å². The van der Waals surface area contributed by atoms with Crippen molar-refractivity contribution in [2.75, 3.05) is 6.54 Å². The molecule has 1 aromatic carbocycles. The first-order valence-electron chi connectivity index (χ1n) is 4.74. The van der Waals surface area contributed by atoms with Crippen molar-refractivity contribution >= 4 is 21.8 Å². The highest BCUT2D eigenvalue weighted by Crippen LogP contribution is 2.25. The Hall–Kier alpha value is -0.830. The Labute approximate surface area is 91.8 Å². The Kier molecular flexibility index (Phi) is 2.59. The number of carbonyl (C=O) groups is 1. The molecule has 1 N–H and O–H groups in total. The lowest BCUT2D eigenvalue weighted by atomic mass is 9.95. The van der Waals surface area contributed by atoms with Gasteiger partial charge in [0.1, 0.15) is 0 Å². The van der Waals surface area contributed by atoms with Crippen molar-refractivity contribution in [3.05, 3.63) is 33.8 Å². The third-order valence-corrected chi connectivity index (χ3v) is 3.15. The van der Waals surface area contributed by atoms with Crippen molar-refractivity contribution in [2.45, 2.75) is 19.3 Å². The smallest absolute Gasteiger partial charge is 0.227 e. The number of halogens is 1. The Morgan fingerprint density at radius 3 is 3.07 bits per heavy atom. The van der Waals surface area contributed by atoms with Gasteiger partial charge in [-0.25, -0.2) is 0 Å². The maximum Gasteiger partial charge on any atom is 0.227 e. The molecule has 0 saturated carbocycles. The van der Waals surface area contributed by atoms with Crippen LogP contribution in [0.2, 0.25) is 0 Å². The van der Waals surface area contributed by atoms with Crippen LogP contribution in [0, 0.1) is 0 Å². The van der Waals surface area contributed by atoms with E-state index in [1.165, 1.54) is 5.56 Å². The zero-order valence-electron chi connectivity index (χ0n) is 8.01. The second-order valence-electron chi connectivity index (χ2n) is 3.61. The van der Waals surface area contributed by atoms with E-state index in [0.29, 0.717) is 0 Å². The number of nitrogens with one attached hydrogen (secondary N) is 1. The zero-order valence-corrected chi connectivity index (χ0v) is 9.60. The molecule has 1 atom stereocenters. The fraction of sp³-hybridized carbons (Fsp3) is 0.364. The van der Waals surface area contributed by atoms with Gasteiger partial charge in [-0.2, -0.15) is 0 Å². The largest absolute Gasteiger partial charge is 0.355 e. The fourth-order valence-corrected chi connectivity index (χ4v) is 2.24. The molecule has 1 aliphatic heterocycles. The Bertz CT molecular complexity index is 376. The van der Waals surface area contributed by atoms with E-state index in [-0.39, 0.29) is 11.8 Å². The number of carbonyl (C=O) groups excluding carboxylic acids is 1. The molecule has 74 valence electrons. The van der Waals surface area contributed by atoms with Crippen LogP contribution in [-0.4, -0.2) is 12.5 Å². The second kappa shape index (κ2) is 3.73. The van der Waals surface area contributed by atoms with E-state index in [0.717, 1.165) is 23.0 Å². The Balaban J connectivity index is 2.48. The first-order valence-corrected chi connectivity index (χ1v) is 5.54. The monoisotopic (exact) mass is 253 g/mol. The highest BCUT2D eigenvalue weighted by atomic mass is 79.9. The number of hydrogen-bond donors (Lipinski definition) is 1. The van der Waals surface area contributed by atoms with Gasteiger partial charge in [0.25, 0.3) is 0 Å². The van der Waals surface area contributed by atoms with Crippen molar-refractivity contribution < 1.29 is 4.79 Å². The van der Waals surface area contributed by atoms with Gasteiger partial charge in [0, 0.05) is 11.0 Å². The van der Waals surface area contributed by atoms with E-state index in [9.17, 15) is 4.79 Å². The predicted octanol–water partition coefficient (Wildman–Crippen LogP) is 2.22. The van der Waals surface area contributed by atoms with Crippen LogP contribution in [-0.2, 0) is 11.2 Å². The van der Waals surface area contributed by atoms with Crippen LogP contribution >= 0.6 is 15.9 Å². The minimum atomic E-state index is -0.0272. The number of hydrogen-bond acceptors (Lipinski definition) is 1. The molecule has 0 saturated heterocycles. The molecule has 0 radical (unpaired) electrons. The summed E-state index contributed by atoms with van der Waals surface area (Å²) in [5, 5.41) is 2.91. The van der Waals surface area contributed by atoms with Gasteiger partial charge in [0.2, 0.25) is 5.91 Å². The summed E-state index contributed by atoms with van der Waals surface area (Å²) in [7, 11) is 0. The molecule has 1 amide bonds. The van der Waals surface area contributed by atoms with Crippen LogP contribution in [0.3, 0.4) is 0 Å². The van der Waals surface area contributed by atoms with E-state index in [2.05, 4.69) is 27.3 Å². The molecule has 14 heavy (non-hydrogen) atoms. The number of rotatable bonds is 0. The van der Waals surface area contributed by atoms with Crippen LogP contribution in [0.15, 0.2) is 22.7 Å². The summed E-state index contributed by atoms with van der Waals surface area (Å²) in [6.07, 6.45) is 0.921. The first kappa shape index (κ1) is 9.71. The SMILES string of the molecule is C[C@H]1C(=O)NCCc2cc(Br)ccc21. The van der Waals surface area contributed by atoms with Gasteiger partial charge in [-0.1, -0.05) is 22.0 Å². The van der Waals surface area contributed by atoms with Gasteiger partial charge < -0.3 is 5.32 Å². The normalized spacial score (nSPS) is 21.0. The van der Waals surface area contributed by atoms with Gasteiger partial charge in [0.05, 0.1) is 5.92 Å². The second-order valence-corrected chi connectivity index (χ2v) is 4.52. The van der Waals surface area contributed by atoms with Crippen LogP contribution in [0.4, 0.5) is 0 Å².